The number of benzene rings is 1. The van der Waals surface area contributed by atoms with Crippen LogP contribution in [-0.2, 0) is 6.42 Å². The summed E-state index contributed by atoms with van der Waals surface area (Å²) in [5.41, 5.74) is 1.71. The van der Waals surface area contributed by atoms with E-state index < -0.39 is 0 Å². The molecule has 80 valence electrons. The molecule has 1 aromatic heterocycles. The number of aromatic nitrogens is 1. The van der Waals surface area contributed by atoms with E-state index in [2.05, 4.69) is 20.9 Å². The van der Waals surface area contributed by atoms with Gasteiger partial charge in [-0.3, -0.25) is 4.79 Å². The first kappa shape index (κ1) is 11.0. The highest BCUT2D eigenvalue weighted by Crippen LogP contribution is 2.11. The first-order chi connectivity index (χ1) is 7.75. The second-order valence-electron chi connectivity index (χ2n) is 3.45. The van der Waals surface area contributed by atoms with Crippen molar-refractivity contribution in [3.63, 3.8) is 0 Å². The maximum Gasteiger partial charge on any atom is 0.167 e. The molecule has 0 aliphatic carbocycles. The molecule has 0 aliphatic heterocycles. The van der Waals surface area contributed by atoms with Gasteiger partial charge in [-0.25, -0.2) is 4.98 Å². The number of hydrogen-bond donors (Lipinski definition) is 0. The van der Waals surface area contributed by atoms with E-state index in [1.54, 1.807) is 18.3 Å². The maximum atomic E-state index is 11.9. The van der Waals surface area contributed by atoms with Crippen LogP contribution in [0.3, 0.4) is 0 Å². The average molecular weight is 276 g/mol. The molecule has 0 radical (unpaired) electrons. The Morgan fingerprint density at radius 1 is 1.19 bits per heavy atom. The molecule has 2 rings (SSSR count). The molecule has 0 bridgehead atoms. The Morgan fingerprint density at radius 3 is 2.62 bits per heavy atom. The Kier molecular flexibility index (Phi) is 3.47. The van der Waals surface area contributed by atoms with Crippen LogP contribution in [0.2, 0.25) is 0 Å². The van der Waals surface area contributed by atoms with Crippen molar-refractivity contribution < 1.29 is 4.79 Å². The summed E-state index contributed by atoms with van der Waals surface area (Å²) in [6, 6.07) is 13.2. The average Bonchev–Trinajstić information content (AvgIpc) is 2.30. The molecule has 0 unspecified atom stereocenters. The first-order valence-corrected chi connectivity index (χ1v) is 5.74. The van der Waals surface area contributed by atoms with Crippen LogP contribution >= 0.6 is 15.9 Å². The quantitative estimate of drug-likeness (QED) is 0.636. The number of rotatable bonds is 3. The molecule has 0 spiro atoms. The van der Waals surface area contributed by atoms with E-state index in [0.29, 0.717) is 16.6 Å². The molecular formula is C13H10BrNO. The van der Waals surface area contributed by atoms with Crippen LogP contribution in [0, 0.1) is 0 Å². The Labute approximate surface area is 102 Å². The lowest BCUT2D eigenvalue weighted by Crippen LogP contribution is -2.03. The smallest absolute Gasteiger partial charge is 0.167 e. The zero-order valence-electron chi connectivity index (χ0n) is 8.56. The SMILES string of the molecule is O=C(Cc1ccccc1)c1ccnc(Br)c1. The monoisotopic (exact) mass is 275 g/mol. The summed E-state index contributed by atoms with van der Waals surface area (Å²) in [6.45, 7) is 0. The highest BCUT2D eigenvalue weighted by atomic mass is 79.9. The van der Waals surface area contributed by atoms with Crippen molar-refractivity contribution in [3.05, 3.63) is 64.4 Å². The summed E-state index contributed by atoms with van der Waals surface area (Å²) in [5, 5.41) is 0. The third-order valence-corrected chi connectivity index (χ3v) is 2.69. The Balaban J connectivity index is 2.15. The number of Topliss-reactive ketones (excluding diaryl/α,β-unsaturated/α-hetero) is 1. The molecule has 0 aliphatic rings. The Hall–Kier alpha value is -1.48. The lowest BCUT2D eigenvalue weighted by molar-refractivity contribution is 0.0993. The van der Waals surface area contributed by atoms with Gasteiger partial charge < -0.3 is 0 Å². The molecule has 16 heavy (non-hydrogen) atoms. The molecule has 0 fully saturated rings. The van der Waals surface area contributed by atoms with Crippen molar-refractivity contribution in [1.29, 1.82) is 0 Å². The van der Waals surface area contributed by atoms with E-state index in [1.807, 2.05) is 30.3 Å². The molecule has 0 saturated heterocycles. The van der Waals surface area contributed by atoms with E-state index in [1.165, 1.54) is 0 Å². The molecule has 0 saturated carbocycles. The van der Waals surface area contributed by atoms with Gasteiger partial charge in [-0.05, 0) is 33.6 Å². The minimum atomic E-state index is 0.106. The third-order valence-electron chi connectivity index (χ3n) is 2.26. The fourth-order valence-corrected chi connectivity index (χ4v) is 1.82. The summed E-state index contributed by atoms with van der Waals surface area (Å²) in [5.74, 6) is 0.106. The van der Waals surface area contributed by atoms with Crippen molar-refractivity contribution in [3.8, 4) is 0 Å². The molecule has 0 N–H and O–H groups in total. The van der Waals surface area contributed by atoms with Crippen LogP contribution in [0.15, 0.2) is 53.3 Å². The van der Waals surface area contributed by atoms with Gasteiger partial charge in [0.25, 0.3) is 0 Å². The number of ketones is 1. The van der Waals surface area contributed by atoms with Gasteiger partial charge in [0.2, 0.25) is 0 Å². The van der Waals surface area contributed by atoms with E-state index in [0.717, 1.165) is 5.56 Å². The lowest BCUT2D eigenvalue weighted by Gasteiger charge is -2.01. The molecular weight excluding hydrogens is 266 g/mol. The predicted octanol–water partition coefficient (Wildman–Crippen LogP) is 3.27. The summed E-state index contributed by atoms with van der Waals surface area (Å²) < 4.78 is 0.686. The van der Waals surface area contributed by atoms with Crippen molar-refractivity contribution in [2.24, 2.45) is 0 Å². The molecule has 2 nitrogen and oxygen atoms in total. The van der Waals surface area contributed by atoms with Gasteiger partial charge >= 0.3 is 0 Å². The molecule has 3 heteroatoms. The largest absolute Gasteiger partial charge is 0.294 e. The van der Waals surface area contributed by atoms with E-state index >= 15 is 0 Å². The summed E-state index contributed by atoms with van der Waals surface area (Å²) in [6.07, 6.45) is 2.06. The predicted molar refractivity (Wildman–Crippen MR) is 66.4 cm³/mol. The van der Waals surface area contributed by atoms with E-state index in [9.17, 15) is 4.79 Å². The van der Waals surface area contributed by atoms with Crippen LogP contribution in [0.1, 0.15) is 15.9 Å². The third kappa shape index (κ3) is 2.76. The molecule has 0 atom stereocenters. The zero-order chi connectivity index (χ0) is 11.4. The Bertz CT molecular complexity index is 496. The maximum absolute atomic E-state index is 11.9. The van der Waals surface area contributed by atoms with Gasteiger partial charge in [-0.1, -0.05) is 30.3 Å². The van der Waals surface area contributed by atoms with Gasteiger partial charge in [0.05, 0.1) is 0 Å². The number of carbonyl (C=O) groups excluding carboxylic acids is 1. The van der Waals surface area contributed by atoms with E-state index in [4.69, 9.17) is 0 Å². The van der Waals surface area contributed by atoms with Gasteiger partial charge in [0.1, 0.15) is 4.60 Å². The molecule has 0 amide bonds. The molecule has 1 aromatic carbocycles. The normalized spacial score (nSPS) is 10.1. The number of halogens is 1. The standard InChI is InChI=1S/C13H10BrNO/c14-13-9-11(6-7-15-13)12(16)8-10-4-2-1-3-5-10/h1-7,9H,8H2. The fraction of sp³-hybridized carbons (Fsp3) is 0.0769. The topological polar surface area (TPSA) is 30.0 Å². The summed E-state index contributed by atoms with van der Waals surface area (Å²) in [4.78, 5) is 15.9. The fourth-order valence-electron chi connectivity index (χ4n) is 1.46. The van der Waals surface area contributed by atoms with Crippen LogP contribution in [-0.4, -0.2) is 10.8 Å². The minimum absolute atomic E-state index is 0.106. The summed E-state index contributed by atoms with van der Waals surface area (Å²) >= 11 is 3.25. The van der Waals surface area contributed by atoms with Crippen LogP contribution in [0.4, 0.5) is 0 Å². The van der Waals surface area contributed by atoms with Crippen LogP contribution in [0.25, 0.3) is 0 Å². The minimum Gasteiger partial charge on any atom is -0.294 e. The molecule has 2 aromatic rings. The second kappa shape index (κ2) is 5.03. The van der Waals surface area contributed by atoms with Crippen molar-refractivity contribution in [2.75, 3.05) is 0 Å². The van der Waals surface area contributed by atoms with Gasteiger partial charge in [-0.15, -0.1) is 0 Å². The van der Waals surface area contributed by atoms with Crippen molar-refractivity contribution in [2.45, 2.75) is 6.42 Å². The van der Waals surface area contributed by atoms with Gasteiger partial charge in [0.15, 0.2) is 5.78 Å². The number of carbonyl (C=O) groups is 1. The number of pyridine rings is 1. The van der Waals surface area contributed by atoms with Crippen molar-refractivity contribution >= 4 is 21.7 Å². The first-order valence-electron chi connectivity index (χ1n) is 4.94. The van der Waals surface area contributed by atoms with E-state index in [-0.39, 0.29) is 5.78 Å². The zero-order valence-corrected chi connectivity index (χ0v) is 10.1. The van der Waals surface area contributed by atoms with Gasteiger partial charge in [-0.2, -0.15) is 0 Å². The number of hydrogen-bond acceptors (Lipinski definition) is 2. The lowest BCUT2D eigenvalue weighted by atomic mass is 10.0. The summed E-state index contributed by atoms with van der Waals surface area (Å²) in [7, 11) is 0. The number of nitrogens with zero attached hydrogens (tertiary/aromatic N) is 1. The Morgan fingerprint density at radius 2 is 1.94 bits per heavy atom. The van der Waals surface area contributed by atoms with Gasteiger partial charge in [0, 0.05) is 18.2 Å². The van der Waals surface area contributed by atoms with Crippen LogP contribution in [0.5, 0.6) is 0 Å². The highest BCUT2D eigenvalue weighted by Gasteiger charge is 2.07. The van der Waals surface area contributed by atoms with Crippen molar-refractivity contribution in [1.82, 2.24) is 4.98 Å². The second-order valence-corrected chi connectivity index (χ2v) is 4.27. The highest BCUT2D eigenvalue weighted by molar-refractivity contribution is 9.10. The molecule has 1 heterocycles. The van der Waals surface area contributed by atoms with Crippen LogP contribution < -0.4 is 0 Å².